The smallest absolute Gasteiger partial charge is 0.360 e. The predicted molar refractivity (Wildman–Crippen MR) is 71.1 cm³/mol. The number of methoxy groups -OCH3 is 1. The molecule has 0 aliphatic carbocycles. The van der Waals surface area contributed by atoms with Crippen LogP contribution in [0.5, 0.6) is 0 Å². The van der Waals surface area contributed by atoms with E-state index < -0.39 is 5.97 Å². The predicted octanol–water partition coefficient (Wildman–Crippen LogP) is -0.169. The number of nitrogens with two attached hydrogens (primary N) is 1. The molecule has 108 valence electrons. The van der Waals surface area contributed by atoms with Gasteiger partial charge in [-0.2, -0.15) is 0 Å². The van der Waals surface area contributed by atoms with Crippen molar-refractivity contribution in [3.8, 4) is 0 Å². The van der Waals surface area contributed by atoms with E-state index in [1.54, 1.807) is 10.9 Å². The molecule has 8 nitrogen and oxygen atoms in total. The molecule has 2 heterocycles. The molecule has 0 saturated carbocycles. The van der Waals surface area contributed by atoms with Crippen molar-refractivity contribution in [2.45, 2.75) is 26.4 Å². The minimum atomic E-state index is -0.501. The summed E-state index contributed by atoms with van der Waals surface area (Å²) in [6.07, 6.45) is 4.14. The van der Waals surface area contributed by atoms with Crippen LogP contribution >= 0.6 is 0 Å². The van der Waals surface area contributed by atoms with Gasteiger partial charge in [0.25, 0.3) is 0 Å². The van der Waals surface area contributed by atoms with Gasteiger partial charge in [-0.3, -0.25) is 0 Å². The summed E-state index contributed by atoms with van der Waals surface area (Å²) in [4.78, 5) is 15.9. The highest BCUT2D eigenvalue weighted by Gasteiger charge is 2.20. The van der Waals surface area contributed by atoms with E-state index in [1.807, 2.05) is 17.7 Å². The average molecular weight is 278 g/mol. The normalized spacial score (nSPS) is 10.8. The van der Waals surface area contributed by atoms with Crippen LogP contribution in [0.3, 0.4) is 0 Å². The highest BCUT2D eigenvalue weighted by Crippen LogP contribution is 2.10. The maximum atomic E-state index is 11.6. The lowest BCUT2D eigenvalue weighted by Gasteiger charge is -2.08. The zero-order chi connectivity index (χ0) is 14.5. The SMILES string of the molecule is CCn1ccnc1Cn1nnc(C(=O)OC)c1CCN. The van der Waals surface area contributed by atoms with Crippen molar-refractivity contribution in [3.05, 3.63) is 29.6 Å². The second-order valence-corrected chi connectivity index (χ2v) is 4.20. The third kappa shape index (κ3) is 2.69. The van der Waals surface area contributed by atoms with Gasteiger partial charge in [0, 0.05) is 25.4 Å². The zero-order valence-corrected chi connectivity index (χ0v) is 11.6. The minimum absolute atomic E-state index is 0.215. The largest absolute Gasteiger partial charge is 0.464 e. The number of rotatable bonds is 6. The maximum absolute atomic E-state index is 11.6. The van der Waals surface area contributed by atoms with E-state index in [0.717, 1.165) is 12.4 Å². The first kappa shape index (κ1) is 14.2. The first-order chi connectivity index (χ1) is 9.71. The fraction of sp³-hybridized carbons (Fsp3) is 0.500. The highest BCUT2D eigenvalue weighted by molar-refractivity contribution is 5.88. The van der Waals surface area contributed by atoms with Crippen molar-refractivity contribution >= 4 is 5.97 Å². The van der Waals surface area contributed by atoms with Crippen molar-refractivity contribution in [1.82, 2.24) is 24.5 Å². The summed E-state index contributed by atoms with van der Waals surface area (Å²) in [5, 5.41) is 7.90. The summed E-state index contributed by atoms with van der Waals surface area (Å²) in [6.45, 7) is 3.70. The Morgan fingerprint density at radius 3 is 2.95 bits per heavy atom. The molecular formula is C12H18N6O2. The second kappa shape index (κ2) is 6.29. The van der Waals surface area contributed by atoms with Crippen LogP contribution in [0.4, 0.5) is 0 Å². The fourth-order valence-corrected chi connectivity index (χ4v) is 2.01. The third-order valence-electron chi connectivity index (χ3n) is 3.03. The molecule has 2 rings (SSSR count). The summed E-state index contributed by atoms with van der Waals surface area (Å²) in [5.41, 5.74) is 6.47. The summed E-state index contributed by atoms with van der Waals surface area (Å²) >= 11 is 0. The summed E-state index contributed by atoms with van der Waals surface area (Å²) in [6, 6.07) is 0. The van der Waals surface area contributed by atoms with E-state index in [1.165, 1.54) is 7.11 Å². The molecule has 0 spiro atoms. The summed E-state index contributed by atoms with van der Waals surface area (Å²) < 4.78 is 8.35. The van der Waals surface area contributed by atoms with Gasteiger partial charge < -0.3 is 15.0 Å². The van der Waals surface area contributed by atoms with Gasteiger partial charge in [-0.15, -0.1) is 5.10 Å². The van der Waals surface area contributed by atoms with Crippen molar-refractivity contribution in [2.24, 2.45) is 5.73 Å². The molecule has 0 amide bonds. The molecule has 0 aromatic carbocycles. The van der Waals surface area contributed by atoms with E-state index in [4.69, 9.17) is 10.5 Å². The molecule has 2 N–H and O–H groups in total. The fourth-order valence-electron chi connectivity index (χ4n) is 2.01. The van der Waals surface area contributed by atoms with E-state index in [2.05, 4.69) is 15.3 Å². The molecule has 2 aromatic rings. The molecule has 0 aliphatic heterocycles. The number of hydrogen-bond donors (Lipinski definition) is 1. The topological polar surface area (TPSA) is 101 Å². The van der Waals surface area contributed by atoms with Gasteiger partial charge in [0.1, 0.15) is 12.4 Å². The molecule has 0 aliphatic rings. The number of esters is 1. The zero-order valence-electron chi connectivity index (χ0n) is 11.6. The number of carbonyl (C=O) groups excluding carboxylic acids is 1. The third-order valence-corrected chi connectivity index (χ3v) is 3.03. The van der Waals surface area contributed by atoms with Crippen molar-refractivity contribution in [2.75, 3.05) is 13.7 Å². The molecule has 0 atom stereocenters. The molecule has 0 saturated heterocycles. The molecule has 0 bridgehead atoms. The lowest BCUT2D eigenvalue weighted by atomic mass is 10.2. The molecule has 0 fully saturated rings. The Morgan fingerprint density at radius 2 is 2.30 bits per heavy atom. The van der Waals surface area contributed by atoms with Crippen LogP contribution < -0.4 is 5.73 Å². The van der Waals surface area contributed by atoms with Crippen LogP contribution in [0, 0.1) is 0 Å². The quantitative estimate of drug-likeness (QED) is 0.736. The van der Waals surface area contributed by atoms with E-state index in [0.29, 0.717) is 25.2 Å². The summed E-state index contributed by atoms with van der Waals surface area (Å²) in [5.74, 6) is 0.352. The maximum Gasteiger partial charge on any atom is 0.360 e. The van der Waals surface area contributed by atoms with Crippen LogP contribution in [-0.2, 0) is 24.2 Å². The molecule has 0 radical (unpaired) electrons. The number of nitrogens with zero attached hydrogens (tertiary/aromatic N) is 5. The van der Waals surface area contributed by atoms with E-state index in [-0.39, 0.29) is 5.69 Å². The monoisotopic (exact) mass is 278 g/mol. The van der Waals surface area contributed by atoms with Crippen molar-refractivity contribution in [1.29, 1.82) is 0 Å². The Kier molecular flexibility index (Phi) is 4.46. The minimum Gasteiger partial charge on any atom is -0.464 e. The Bertz CT molecular complexity index is 589. The van der Waals surface area contributed by atoms with Gasteiger partial charge in [-0.25, -0.2) is 14.5 Å². The average Bonchev–Trinajstić information content (AvgIpc) is 3.06. The van der Waals surface area contributed by atoms with Crippen LogP contribution in [0.2, 0.25) is 0 Å². The van der Waals surface area contributed by atoms with Crippen LogP contribution in [-0.4, -0.2) is 44.2 Å². The number of ether oxygens (including phenoxy) is 1. The van der Waals surface area contributed by atoms with Gasteiger partial charge >= 0.3 is 5.97 Å². The number of aryl methyl sites for hydroxylation is 1. The van der Waals surface area contributed by atoms with Crippen LogP contribution in [0.1, 0.15) is 28.9 Å². The molecule has 0 unspecified atom stereocenters. The Labute approximate surface area is 116 Å². The standard InChI is InChI=1S/C12H18N6O2/c1-3-17-7-6-14-10(17)8-18-9(4-5-13)11(15-16-18)12(19)20-2/h6-7H,3-5,8,13H2,1-2H3. The molecule has 20 heavy (non-hydrogen) atoms. The first-order valence-electron chi connectivity index (χ1n) is 6.42. The van der Waals surface area contributed by atoms with E-state index in [9.17, 15) is 4.79 Å². The highest BCUT2D eigenvalue weighted by atomic mass is 16.5. The first-order valence-corrected chi connectivity index (χ1v) is 6.42. The number of carbonyl (C=O) groups is 1. The number of hydrogen-bond acceptors (Lipinski definition) is 6. The number of aromatic nitrogens is 5. The Balaban J connectivity index is 2.32. The second-order valence-electron chi connectivity index (χ2n) is 4.20. The van der Waals surface area contributed by atoms with Crippen LogP contribution in [0.25, 0.3) is 0 Å². The Morgan fingerprint density at radius 1 is 1.50 bits per heavy atom. The van der Waals surface area contributed by atoms with E-state index >= 15 is 0 Å². The van der Waals surface area contributed by atoms with Crippen molar-refractivity contribution < 1.29 is 9.53 Å². The Hall–Kier alpha value is -2.22. The molecular weight excluding hydrogens is 260 g/mol. The van der Waals surface area contributed by atoms with Gasteiger partial charge in [0.2, 0.25) is 0 Å². The van der Waals surface area contributed by atoms with Gasteiger partial charge in [0.05, 0.1) is 12.8 Å². The van der Waals surface area contributed by atoms with Gasteiger partial charge in [-0.1, -0.05) is 5.21 Å². The lowest BCUT2D eigenvalue weighted by molar-refractivity contribution is 0.0592. The van der Waals surface area contributed by atoms with Crippen molar-refractivity contribution in [3.63, 3.8) is 0 Å². The summed E-state index contributed by atoms with van der Waals surface area (Å²) in [7, 11) is 1.32. The molecule has 2 aromatic heterocycles. The van der Waals surface area contributed by atoms with Gasteiger partial charge in [-0.05, 0) is 13.5 Å². The van der Waals surface area contributed by atoms with Crippen LogP contribution in [0.15, 0.2) is 12.4 Å². The number of imidazole rings is 1. The lowest BCUT2D eigenvalue weighted by Crippen LogP contribution is -2.16. The molecule has 8 heteroatoms. The van der Waals surface area contributed by atoms with Gasteiger partial charge in [0.15, 0.2) is 5.69 Å².